The van der Waals surface area contributed by atoms with E-state index in [2.05, 4.69) is 22.0 Å². The summed E-state index contributed by atoms with van der Waals surface area (Å²) in [5.41, 5.74) is 2.68. The summed E-state index contributed by atoms with van der Waals surface area (Å²) in [6, 6.07) is 13.9. The number of aryl methyl sites for hydroxylation is 3. The topological polar surface area (TPSA) is 71.8 Å². The van der Waals surface area contributed by atoms with E-state index in [1.54, 1.807) is 0 Å². The van der Waals surface area contributed by atoms with E-state index in [1.807, 2.05) is 42.5 Å². The SMILES string of the molecule is CCCc1nc(-c2cc3c([nH]c2=O)CCCC3)no1.c1ccccc1. The predicted molar refractivity (Wildman–Crippen MR) is 97.4 cm³/mol. The van der Waals surface area contributed by atoms with Gasteiger partial charge in [0.25, 0.3) is 5.56 Å². The molecule has 25 heavy (non-hydrogen) atoms. The lowest BCUT2D eigenvalue weighted by atomic mass is 9.95. The third-order valence-electron chi connectivity index (χ3n) is 4.18. The van der Waals surface area contributed by atoms with Crippen LogP contribution in [0.25, 0.3) is 11.4 Å². The second-order valence-electron chi connectivity index (χ2n) is 6.14. The van der Waals surface area contributed by atoms with E-state index >= 15 is 0 Å². The van der Waals surface area contributed by atoms with Crippen molar-refractivity contribution in [3.63, 3.8) is 0 Å². The van der Waals surface area contributed by atoms with Crippen LogP contribution in [-0.4, -0.2) is 15.1 Å². The first-order valence-corrected chi connectivity index (χ1v) is 8.86. The molecule has 130 valence electrons. The molecular formula is C20H23N3O2. The van der Waals surface area contributed by atoms with Gasteiger partial charge in [-0.25, -0.2) is 0 Å². The molecule has 0 aliphatic heterocycles. The number of H-pyrrole nitrogens is 1. The standard InChI is InChI=1S/C14H17N3O2.C6H6/c1-2-5-12-16-13(17-19-12)10-8-9-6-3-4-7-11(9)15-14(10)18;1-2-4-6-5-3-1/h8H,2-7H2,1H3,(H,15,18);1-6H. The number of aromatic amines is 1. The number of hydrogen-bond donors (Lipinski definition) is 1. The summed E-state index contributed by atoms with van der Waals surface area (Å²) in [5.74, 6) is 0.993. The number of benzene rings is 1. The molecule has 1 aliphatic rings. The van der Waals surface area contributed by atoms with E-state index in [4.69, 9.17) is 4.52 Å². The first-order chi connectivity index (χ1) is 12.3. The summed E-state index contributed by atoms with van der Waals surface area (Å²) in [6.45, 7) is 2.05. The van der Waals surface area contributed by atoms with Gasteiger partial charge in [0, 0.05) is 12.1 Å². The highest BCUT2D eigenvalue weighted by molar-refractivity contribution is 5.54. The molecule has 0 saturated carbocycles. The molecule has 0 unspecified atom stereocenters. The Hall–Kier alpha value is -2.69. The van der Waals surface area contributed by atoms with Gasteiger partial charge in [-0.2, -0.15) is 4.98 Å². The van der Waals surface area contributed by atoms with Crippen LogP contribution in [0.3, 0.4) is 0 Å². The van der Waals surface area contributed by atoms with Crippen molar-refractivity contribution in [3.8, 4) is 11.4 Å². The van der Waals surface area contributed by atoms with E-state index in [0.717, 1.165) is 37.8 Å². The van der Waals surface area contributed by atoms with Crippen molar-refractivity contribution in [1.29, 1.82) is 0 Å². The zero-order chi connectivity index (χ0) is 17.5. The number of aromatic nitrogens is 3. The highest BCUT2D eigenvalue weighted by Crippen LogP contribution is 2.21. The number of rotatable bonds is 3. The summed E-state index contributed by atoms with van der Waals surface area (Å²) in [5, 5.41) is 3.91. The monoisotopic (exact) mass is 337 g/mol. The summed E-state index contributed by atoms with van der Waals surface area (Å²) in [4.78, 5) is 19.3. The summed E-state index contributed by atoms with van der Waals surface area (Å²) >= 11 is 0. The average molecular weight is 337 g/mol. The largest absolute Gasteiger partial charge is 0.339 e. The molecule has 0 bridgehead atoms. The molecule has 4 rings (SSSR count). The van der Waals surface area contributed by atoms with Gasteiger partial charge in [0.05, 0.1) is 5.56 Å². The molecule has 0 fully saturated rings. The molecule has 1 aliphatic carbocycles. The fourth-order valence-electron chi connectivity index (χ4n) is 2.91. The van der Waals surface area contributed by atoms with Crippen LogP contribution >= 0.6 is 0 Å². The fourth-order valence-corrected chi connectivity index (χ4v) is 2.91. The minimum atomic E-state index is -0.121. The Balaban J connectivity index is 0.000000258. The summed E-state index contributed by atoms with van der Waals surface area (Å²) < 4.78 is 5.14. The van der Waals surface area contributed by atoms with Crippen molar-refractivity contribution in [1.82, 2.24) is 15.1 Å². The Bertz CT molecular complexity index is 826. The summed E-state index contributed by atoms with van der Waals surface area (Å²) in [7, 11) is 0. The van der Waals surface area contributed by atoms with Gasteiger partial charge in [-0.1, -0.05) is 48.5 Å². The number of pyridine rings is 1. The Labute approximate surface area is 147 Å². The molecule has 0 amide bonds. The number of nitrogens with one attached hydrogen (secondary N) is 1. The van der Waals surface area contributed by atoms with Crippen molar-refractivity contribution in [2.24, 2.45) is 0 Å². The van der Waals surface area contributed by atoms with E-state index in [0.29, 0.717) is 17.3 Å². The zero-order valence-corrected chi connectivity index (χ0v) is 14.5. The van der Waals surface area contributed by atoms with Crippen molar-refractivity contribution >= 4 is 0 Å². The normalized spacial score (nSPS) is 12.8. The zero-order valence-electron chi connectivity index (χ0n) is 14.5. The Morgan fingerprint density at radius 2 is 1.76 bits per heavy atom. The molecule has 2 heterocycles. The van der Waals surface area contributed by atoms with Crippen LogP contribution in [0, 0.1) is 0 Å². The van der Waals surface area contributed by atoms with Gasteiger partial charge < -0.3 is 9.51 Å². The maximum Gasteiger partial charge on any atom is 0.259 e. The van der Waals surface area contributed by atoms with E-state index in [1.165, 1.54) is 12.0 Å². The van der Waals surface area contributed by atoms with Crippen LogP contribution in [0.1, 0.15) is 43.3 Å². The molecular weight excluding hydrogens is 314 g/mol. The molecule has 5 heteroatoms. The van der Waals surface area contributed by atoms with Crippen molar-refractivity contribution in [3.05, 3.63) is 70.0 Å². The van der Waals surface area contributed by atoms with Crippen LogP contribution in [0.15, 0.2) is 51.8 Å². The van der Waals surface area contributed by atoms with E-state index < -0.39 is 0 Å². The van der Waals surface area contributed by atoms with Crippen molar-refractivity contribution in [2.75, 3.05) is 0 Å². The predicted octanol–water partition coefficient (Wildman–Crippen LogP) is 3.94. The van der Waals surface area contributed by atoms with Gasteiger partial charge in [-0.3, -0.25) is 4.79 Å². The molecule has 0 spiro atoms. The molecule has 0 atom stereocenters. The molecule has 2 aromatic heterocycles. The van der Waals surface area contributed by atoms with Crippen molar-refractivity contribution in [2.45, 2.75) is 45.4 Å². The number of fused-ring (bicyclic) bond motifs is 1. The van der Waals surface area contributed by atoms with Crippen LogP contribution in [0.2, 0.25) is 0 Å². The number of hydrogen-bond acceptors (Lipinski definition) is 4. The van der Waals surface area contributed by atoms with Gasteiger partial charge in [0.1, 0.15) is 0 Å². The van der Waals surface area contributed by atoms with Gasteiger partial charge in [0.15, 0.2) is 0 Å². The minimum absolute atomic E-state index is 0.121. The Kier molecular flexibility index (Phi) is 5.77. The lowest BCUT2D eigenvalue weighted by molar-refractivity contribution is 0.378. The second-order valence-corrected chi connectivity index (χ2v) is 6.14. The van der Waals surface area contributed by atoms with Gasteiger partial charge >= 0.3 is 0 Å². The minimum Gasteiger partial charge on any atom is -0.339 e. The van der Waals surface area contributed by atoms with E-state index in [-0.39, 0.29) is 5.56 Å². The second kappa shape index (κ2) is 8.42. The van der Waals surface area contributed by atoms with Crippen LogP contribution < -0.4 is 5.56 Å². The van der Waals surface area contributed by atoms with Gasteiger partial charge in [-0.05, 0) is 43.7 Å². The maximum absolute atomic E-state index is 12.1. The molecule has 1 aromatic carbocycles. The molecule has 0 saturated heterocycles. The summed E-state index contributed by atoms with van der Waals surface area (Å²) in [6.07, 6.45) is 5.98. The molecule has 3 aromatic rings. The number of nitrogens with zero attached hydrogens (tertiary/aromatic N) is 2. The smallest absolute Gasteiger partial charge is 0.259 e. The Morgan fingerprint density at radius 3 is 2.44 bits per heavy atom. The first kappa shape index (κ1) is 17.1. The molecule has 5 nitrogen and oxygen atoms in total. The van der Waals surface area contributed by atoms with Crippen LogP contribution in [-0.2, 0) is 19.3 Å². The lowest BCUT2D eigenvalue weighted by Gasteiger charge is -2.15. The van der Waals surface area contributed by atoms with Crippen LogP contribution in [0.4, 0.5) is 0 Å². The van der Waals surface area contributed by atoms with E-state index in [9.17, 15) is 4.79 Å². The first-order valence-electron chi connectivity index (χ1n) is 8.86. The quantitative estimate of drug-likeness (QED) is 0.785. The third-order valence-corrected chi connectivity index (χ3v) is 4.18. The Morgan fingerprint density at radius 1 is 1.08 bits per heavy atom. The molecule has 0 radical (unpaired) electrons. The van der Waals surface area contributed by atoms with Crippen molar-refractivity contribution < 1.29 is 4.52 Å². The van der Waals surface area contributed by atoms with Gasteiger partial charge in [0.2, 0.25) is 11.7 Å². The average Bonchev–Trinajstić information content (AvgIpc) is 3.12. The lowest BCUT2D eigenvalue weighted by Crippen LogP contribution is -2.17. The highest BCUT2D eigenvalue weighted by Gasteiger charge is 2.17. The van der Waals surface area contributed by atoms with Gasteiger partial charge in [-0.15, -0.1) is 0 Å². The maximum atomic E-state index is 12.1. The van der Waals surface area contributed by atoms with Crippen LogP contribution in [0.5, 0.6) is 0 Å². The fraction of sp³-hybridized carbons (Fsp3) is 0.350. The third kappa shape index (κ3) is 4.44. The highest BCUT2D eigenvalue weighted by atomic mass is 16.5. The molecule has 1 N–H and O–H groups in total.